The molecule has 0 amide bonds. The smallest absolute Gasteiger partial charge is 0.126 e. The van der Waals surface area contributed by atoms with E-state index in [9.17, 15) is 15.6 Å². The van der Waals surface area contributed by atoms with Gasteiger partial charge in [-0.15, -0.1) is 0 Å². The summed E-state index contributed by atoms with van der Waals surface area (Å²) in [6, 6.07) is 10.4. The van der Waals surface area contributed by atoms with Crippen LogP contribution in [0.4, 0.5) is 0 Å². The maximum Gasteiger partial charge on any atom is 0.126 e. The zero-order valence-corrected chi connectivity index (χ0v) is 14.5. The molecule has 0 aliphatic heterocycles. The molecule has 0 fully saturated rings. The summed E-state index contributed by atoms with van der Waals surface area (Å²) in [5.41, 5.74) is 1.40. The first-order valence-corrected chi connectivity index (χ1v) is 7.89. The van der Waals surface area contributed by atoms with Crippen molar-refractivity contribution in [3.8, 4) is 12.1 Å². The Morgan fingerprint density at radius 3 is 2.59 bits per heavy atom. The standard InChI is InChI=1S/C17H18BrN3O/c1-11(9-22)8-21-14-6-12(18)4-5-13(14)16(15(21)7-19)17(2,3)10-20/h4-6,11,22H,8-9H2,1-3H3/t11-/m0/s1. The van der Waals surface area contributed by atoms with Gasteiger partial charge in [0.05, 0.1) is 17.0 Å². The third-order valence-electron chi connectivity index (χ3n) is 3.84. The summed E-state index contributed by atoms with van der Waals surface area (Å²) in [6.45, 7) is 6.17. The second kappa shape index (κ2) is 6.12. The van der Waals surface area contributed by atoms with Crippen molar-refractivity contribution >= 4 is 26.8 Å². The van der Waals surface area contributed by atoms with Crippen LogP contribution >= 0.6 is 15.9 Å². The second-order valence-electron chi connectivity index (χ2n) is 6.13. The van der Waals surface area contributed by atoms with E-state index in [4.69, 9.17) is 0 Å². The monoisotopic (exact) mass is 359 g/mol. The van der Waals surface area contributed by atoms with Gasteiger partial charge in [-0.05, 0) is 31.9 Å². The first kappa shape index (κ1) is 16.5. The van der Waals surface area contributed by atoms with Gasteiger partial charge < -0.3 is 9.67 Å². The highest BCUT2D eigenvalue weighted by Gasteiger charge is 2.30. The van der Waals surface area contributed by atoms with Crippen LogP contribution in [0.5, 0.6) is 0 Å². The van der Waals surface area contributed by atoms with Crippen molar-refractivity contribution in [1.29, 1.82) is 10.5 Å². The lowest BCUT2D eigenvalue weighted by Gasteiger charge is -2.16. The van der Waals surface area contributed by atoms with E-state index in [1.165, 1.54) is 0 Å². The van der Waals surface area contributed by atoms with Crippen molar-refractivity contribution in [1.82, 2.24) is 4.57 Å². The molecule has 0 unspecified atom stereocenters. The van der Waals surface area contributed by atoms with Crippen LogP contribution in [-0.4, -0.2) is 16.3 Å². The molecule has 1 N–H and O–H groups in total. The Balaban J connectivity index is 2.86. The number of aromatic nitrogens is 1. The summed E-state index contributed by atoms with van der Waals surface area (Å²) in [5, 5.41) is 29.4. The molecule has 4 nitrogen and oxygen atoms in total. The van der Waals surface area contributed by atoms with E-state index >= 15 is 0 Å². The highest BCUT2D eigenvalue weighted by molar-refractivity contribution is 9.10. The highest BCUT2D eigenvalue weighted by Crippen LogP contribution is 2.36. The van der Waals surface area contributed by atoms with Crippen molar-refractivity contribution in [2.45, 2.75) is 32.7 Å². The summed E-state index contributed by atoms with van der Waals surface area (Å²) in [7, 11) is 0. The number of nitrogens with zero attached hydrogens (tertiary/aromatic N) is 3. The molecular formula is C17H18BrN3O. The lowest BCUT2D eigenvalue weighted by molar-refractivity contribution is 0.224. The molecule has 2 rings (SSSR count). The number of hydrogen-bond acceptors (Lipinski definition) is 3. The summed E-state index contributed by atoms with van der Waals surface area (Å²) in [6.07, 6.45) is 0. The molecule has 0 aliphatic rings. The van der Waals surface area contributed by atoms with Gasteiger partial charge in [-0.2, -0.15) is 10.5 Å². The van der Waals surface area contributed by atoms with Crippen LogP contribution in [0, 0.1) is 28.6 Å². The molecule has 1 aromatic carbocycles. The Labute approximate surface area is 138 Å². The molecule has 0 radical (unpaired) electrons. The minimum absolute atomic E-state index is 0.0275. The molecule has 1 atom stereocenters. The first-order valence-electron chi connectivity index (χ1n) is 7.10. The molecule has 22 heavy (non-hydrogen) atoms. The van der Waals surface area contributed by atoms with Crippen molar-refractivity contribution < 1.29 is 5.11 Å². The quantitative estimate of drug-likeness (QED) is 0.904. The van der Waals surface area contributed by atoms with E-state index in [-0.39, 0.29) is 12.5 Å². The number of hydrogen-bond donors (Lipinski definition) is 1. The lowest BCUT2D eigenvalue weighted by atomic mass is 9.84. The largest absolute Gasteiger partial charge is 0.396 e. The van der Waals surface area contributed by atoms with E-state index < -0.39 is 5.41 Å². The number of aliphatic hydroxyl groups excluding tert-OH is 1. The lowest BCUT2D eigenvalue weighted by Crippen LogP contribution is -2.17. The van der Waals surface area contributed by atoms with Gasteiger partial charge in [0.15, 0.2) is 0 Å². The highest BCUT2D eigenvalue weighted by atomic mass is 79.9. The van der Waals surface area contributed by atoms with Crippen LogP contribution < -0.4 is 0 Å². The Bertz CT molecular complexity index is 793. The summed E-state index contributed by atoms with van der Waals surface area (Å²) in [5.74, 6) is 0.0275. The van der Waals surface area contributed by atoms with Crippen molar-refractivity contribution in [2.24, 2.45) is 5.92 Å². The molecule has 5 heteroatoms. The molecule has 1 aromatic heterocycles. The van der Waals surface area contributed by atoms with Crippen LogP contribution in [0.15, 0.2) is 22.7 Å². The minimum atomic E-state index is -0.759. The topological polar surface area (TPSA) is 72.7 Å². The van der Waals surface area contributed by atoms with E-state index in [1.54, 1.807) is 0 Å². The van der Waals surface area contributed by atoms with Crippen LogP contribution in [0.3, 0.4) is 0 Å². The number of benzene rings is 1. The van der Waals surface area contributed by atoms with Gasteiger partial charge in [-0.1, -0.05) is 28.9 Å². The van der Waals surface area contributed by atoms with Crippen molar-refractivity contribution in [3.05, 3.63) is 33.9 Å². The first-order chi connectivity index (χ1) is 10.4. The number of fused-ring (bicyclic) bond motifs is 1. The van der Waals surface area contributed by atoms with Crippen molar-refractivity contribution in [2.75, 3.05) is 6.61 Å². The predicted molar refractivity (Wildman–Crippen MR) is 89.2 cm³/mol. The fraction of sp³-hybridized carbons (Fsp3) is 0.412. The Morgan fingerprint density at radius 1 is 1.36 bits per heavy atom. The molecule has 114 valence electrons. The van der Waals surface area contributed by atoms with Crippen LogP contribution in [0.1, 0.15) is 32.0 Å². The fourth-order valence-corrected chi connectivity index (χ4v) is 3.04. The molecular weight excluding hydrogens is 342 g/mol. The second-order valence-corrected chi connectivity index (χ2v) is 7.05. The molecule has 2 aromatic rings. The normalized spacial score (nSPS) is 12.9. The van der Waals surface area contributed by atoms with Gasteiger partial charge in [0, 0.05) is 28.6 Å². The molecule has 0 bridgehead atoms. The number of halogens is 1. The van der Waals surface area contributed by atoms with Gasteiger partial charge in [0.25, 0.3) is 0 Å². The predicted octanol–water partition coefficient (Wildman–Crippen LogP) is 3.71. The fourth-order valence-electron chi connectivity index (χ4n) is 2.69. The van der Waals surface area contributed by atoms with Crippen LogP contribution in [0.2, 0.25) is 0 Å². The Hall–Kier alpha value is -1.82. The Morgan fingerprint density at radius 2 is 2.05 bits per heavy atom. The van der Waals surface area contributed by atoms with E-state index in [2.05, 4.69) is 28.1 Å². The molecule has 0 spiro atoms. The van der Waals surface area contributed by atoms with Crippen molar-refractivity contribution in [3.63, 3.8) is 0 Å². The molecule has 0 saturated heterocycles. The number of aliphatic hydroxyl groups is 1. The third kappa shape index (κ3) is 2.75. The van der Waals surface area contributed by atoms with Crippen LogP contribution in [-0.2, 0) is 12.0 Å². The number of rotatable bonds is 4. The van der Waals surface area contributed by atoms with Gasteiger partial charge >= 0.3 is 0 Å². The van der Waals surface area contributed by atoms with E-state index in [0.29, 0.717) is 12.2 Å². The minimum Gasteiger partial charge on any atom is -0.396 e. The maximum absolute atomic E-state index is 9.66. The molecule has 1 heterocycles. The third-order valence-corrected chi connectivity index (χ3v) is 4.34. The van der Waals surface area contributed by atoms with E-state index in [0.717, 1.165) is 20.9 Å². The maximum atomic E-state index is 9.66. The van der Waals surface area contributed by atoms with Crippen LogP contribution in [0.25, 0.3) is 10.9 Å². The van der Waals surface area contributed by atoms with Gasteiger partial charge in [-0.25, -0.2) is 0 Å². The zero-order valence-electron chi connectivity index (χ0n) is 12.9. The summed E-state index contributed by atoms with van der Waals surface area (Å²) >= 11 is 3.46. The molecule has 0 aliphatic carbocycles. The Kier molecular flexibility index (Phi) is 4.60. The van der Waals surface area contributed by atoms with Gasteiger partial charge in [0.2, 0.25) is 0 Å². The number of nitriles is 2. The summed E-state index contributed by atoms with van der Waals surface area (Å²) in [4.78, 5) is 0. The van der Waals surface area contributed by atoms with Gasteiger partial charge in [0.1, 0.15) is 11.8 Å². The average molecular weight is 360 g/mol. The van der Waals surface area contributed by atoms with Gasteiger partial charge in [-0.3, -0.25) is 0 Å². The SMILES string of the molecule is C[C@H](CO)Cn1c(C#N)c(C(C)(C)C#N)c2ccc(Br)cc21. The average Bonchev–Trinajstić information content (AvgIpc) is 2.80. The summed E-state index contributed by atoms with van der Waals surface area (Å²) < 4.78 is 2.83. The zero-order chi connectivity index (χ0) is 16.5. The van der Waals surface area contributed by atoms with E-state index in [1.807, 2.05) is 43.5 Å². The molecule has 0 saturated carbocycles.